The van der Waals surface area contributed by atoms with E-state index in [4.69, 9.17) is 5.26 Å². The van der Waals surface area contributed by atoms with Gasteiger partial charge < -0.3 is 5.11 Å². The van der Waals surface area contributed by atoms with Gasteiger partial charge in [-0.15, -0.1) is 0 Å². The number of hydrogen-bond donors (Lipinski definition) is 1. The Hall–Kier alpha value is -1.87. The molecular formula is C14H12FNO3S. The van der Waals surface area contributed by atoms with Gasteiger partial charge in [0.2, 0.25) is 0 Å². The van der Waals surface area contributed by atoms with Gasteiger partial charge in [0.15, 0.2) is 0 Å². The van der Waals surface area contributed by atoms with Crippen LogP contribution in [0.25, 0.3) is 0 Å². The number of benzene rings is 1. The lowest BCUT2D eigenvalue weighted by molar-refractivity contribution is -0.144. The molecule has 0 bridgehead atoms. The number of hydrogen-bond acceptors (Lipinski definition) is 4. The smallest absolute Gasteiger partial charge is 0.314 e. The predicted molar refractivity (Wildman–Crippen MR) is 71.7 cm³/mol. The second kappa shape index (κ2) is 5.25. The SMILES string of the molecule is Cc1c(F)cccc1C1(C(=O)O)CC(=O)C(SC#N)C1. The number of rotatable bonds is 3. The molecule has 0 amide bonds. The Bertz CT molecular complexity index is 625. The van der Waals surface area contributed by atoms with Crippen molar-refractivity contribution in [3.63, 3.8) is 0 Å². The lowest BCUT2D eigenvalue weighted by Gasteiger charge is -2.25. The number of carboxylic acid groups (broad SMARTS) is 1. The first-order valence-electron chi connectivity index (χ1n) is 5.99. The van der Waals surface area contributed by atoms with E-state index < -0.39 is 22.5 Å². The zero-order valence-corrected chi connectivity index (χ0v) is 11.5. The first-order chi connectivity index (χ1) is 9.42. The minimum Gasteiger partial charge on any atom is -0.481 e. The number of halogens is 1. The summed E-state index contributed by atoms with van der Waals surface area (Å²) < 4.78 is 13.7. The fourth-order valence-corrected chi connectivity index (χ4v) is 3.40. The predicted octanol–water partition coefficient (Wildman–Crippen LogP) is 2.40. The van der Waals surface area contributed by atoms with Crippen molar-refractivity contribution in [3.8, 4) is 5.40 Å². The number of nitrogens with zero attached hydrogens (tertiary/aromatic N) is 1. The van der Waals surface area contributed by atoms with Crippen molar-refractivity contribution in [2.75, 3.05) is 0 Å². The van der Waals surface area contributed by atoms with E-state index in [-0.39, 0.29) is 24.2 Å². The Kier molecular flexibility index (Phi) is 3.82. The third-order valence-corrected chi connectivity index (χ3v) is 4.58. The van der Waals surface area contributed by atoms with E-state index in [0.29, 0.717) is 5.56 Å². The highest BCUT2D eigenvalue weighted by Gasteiger charge is 2.52. The van der Waals surface area contributed by atoms with Gasteiger partial charge in [-0.25, -0.2) is 4.39 Å². The summed E-state index contributed by atoms with van der Waals surface area (Å²) >= 11 is 0.770. The van der Waals surface area contributed by atoms with Crippen molar-refractivity contribution in [2.24, 2.45) is 0 Å². The highest BCUT2D eigenvalue weighted by atomic mass is 32.2. The topological polar surface area (TPSA) is 78.2 Å². The quantitative estimate of drug-likeness (QED) is 0.866. The van der Waals surface area contributed by atoms with Crippen molar-refractivity contribution in [1.82, 2.24) is 0 Å². The zero-order valence-electron chi connectivity index (χ0n) is 10.7. The number of carbonyl (C=O) groups excluding carboxylic acids is 1. The first kappa shape index (κ1) is 14.5. The summed E-state index contributed by atoms with van der Waals surface area (Å²) in [6, 6.07) is 4.24. The van der Waals surface area contributed by atoms with E-state index in [1.807, 2.05) is 5.40 Å². The van der Waals surface area contributed by atoms with Gasteiger partial charge in [-0.3, -0.25) is 9.59 Å². The average Bonchev–Trinajstić information content (AvgIpc) is 2.72. The molecule has 4 nitrogen and oxygen atoms in total. The number of aliphatic carboxylic acids is 1. The summed E-state index contributed by atoms with van der Waals surface area (Å²) in [6.45, 7) is 1.50. The van der Waals surface area contributed by atoms with Gasteiger partial charge in [-0.2, -0.15) is 5.26 Å². The maximum absolute atomic E-state index is 13.7. The second-order valence-electron chi connectivity index (χ2n) is 4.84. The Morgan fingerprint density at radius 1 is 1.60 bits per heavy atom. The van der Waals surface area contributed by atoms with Crippen LogP contribution in [0.15, 0.2) is 18.2 Å². The molecule has 0 radical (unpaired) electrons. The molecule has 104 valence electrons. The summed E-state index contributed by atoms with van der Waals surface area (Å²) in [6.07, 6.45) is -0.185. The van der Waals surface area contributed by atoms with Crippen molar-refractivity contribution >= 4 is 23.5 Å². The van der Waals surface area contributed by atoms with Crippen LogP contribution in [0.4, 0.5) is 4.39 Å². The van der Waals surface area contributed by atoms with E-state index in [2.05, 4.69) is 0 Å². The van der Waals surface area contributed by atoms with Crippen LogP contribution >= 0.6 is 11.8 Å². The largest absolute Gasteiger partial charge is 0.481 e. The lowest BCUT2D eigenvalue weighted by Crippen LogP contribution is -2.34. The summed E-state index contributed by atoms with van der Waals surface area (Å²) in [4.78, 5) is 23.6. The highest BCUT2D eigenvalue weighted by Crippen LogP contribution is 2.45. The summed E-state index contributed by atoms with van der Waals surface area (Å²) in [5.41, 5.74) is -0.873. The maximum atomic E-state index is 13.7. The minimum atomic E-state index is -1.43. The standard InChI is InChI=1S/C14H12FNO3S/c1-8-9(3-2-4-10(8)15)14(13(18)19)5-11(17)12(6-14)20-7-16/h2-4,12H,5-6H2,1H3,(H,18,19). The molecule has 2 unspecified atom stereocenters. The number of thiocyanates is 1. The Balaban J connectivity index is 2.53. The molecule has 0 aliphatic heterocycles. The van der Waals surface area contributed by atoms with Crippen LogP contribution in [-0.4, -0.2) is 22.1 Å². The molecule has 20 heavy (non-hydrogen) atoms. The van der Waals surface area contributed by atoms with Crippen LogP contribution < -0.4 is 0 Å². The molecule has 1 saturated carbocycles. The van der Waals surface area contributed by atoms with E-state index in [0.717, 1.165) is 11.8 Å². The molecule has 1 aromatic rings. The summed E-state index contributed by atoms with van der Waals surface area (Å²) in [5.74, 6) is -1.92. The van der Waals surface area contributed by atoms with Crippen molar-refractivity contribution in [2.45, 2.75) is 30.4 Å². The van der Waals surface area contributed by atoms with Gasteiger partial charge in [0, 0.05) is 6.42 Å². The normalized spacial score (nSPS) is 25.4. The monoisotopic (exact) mass is 293 g/mol. The molecule has 0 aromatic heterocycles. The fourth-order valence-electron chi connectivity index (χ4n) is 2.69. The van der Waals surface area contributed by atoms with E-state index in [1.54, 1.807) is 6.07 Å². The van der Waals surface area contributed by atoms with Crippen LogP contribution in [0.5, 0.6) is 0 Å². The van der Waals surface area contributed by atoms with Crippen LogP contribution in [0, 0.1) is 23.4 Å². The van der Waals surface area contributed by atoms with Crippen molar-refractivity contribution in [3.05, 3.63) is 35.1 Å². The van der Waals surface area contributed by atoms with Crippen LogP contribution in [0.3, 0.4) is 0 Å². The van der Waals surface area contributed by atoms with Gasteiger partial charge in [0.05, 0.1) is 5.25 Å². The first-order valence-corrected chi connectivity index (χ1v) is 6.87. The highest BCUT2D eigenvalue weighted by molar-refractivity contribution is 8.05. The number of Topliss-reactive ketones (excluding diaryl/α,β-unsaturated/α-hetero) is 1. The van der Waals surface area contributed by atoms with E-state index in [9.17, 15) is 19.1 Å². The summed E-state index contributed by atoms with van der Waals surface area (Å²) in [7, 11) is 0. The third kappa shape index (κ3) is 2.18. The van der Waals surface area contributed by atoms with Crippen LogP contribution in [0.1, 0.15) is 24.0 Å². The Morgan fingerprint density at radius 2 is 2.30 bits per heavy atom. The molecule has 1 aliphatic carbocycles. The van der Waals surface area contributed by atoms with E-state index in [1.165, 1.54) is 19.1 Å². The number of ketones is 1. The number of carboxylic acids is 1. The number of thioether (sulfide) groups is 1. The van der Waals surface area contributed by atoms with Gasteiger partial charge in [0.1, 0.15) is 22.4 Å². The molecule has 2 atom stereocenters. The summed E-state index contributed by atoms with van der Waals surface area (Å²) in [5, 5.41) is 19.4. The molecular weight excluding hydrogens is 281 g/mol. The second-order valence-corrected chi connectivity index (χ2v) is 5.83. The third-order valence-electron chi connectivity index (χ3n) is 3.76. The van der Waals surface area contributed by atoms with Crippen molar-refractivity contribution in [1.29, 1.82) is 5.26 Å². The van der Waals surface area contributed by atoms with Gasteiger partial charge in [0.25, 0.3) is 0 Å². The molecule has 0 spiro atoms. The molecule has 6 heteroatoms. The number of nitriles is 1. The molecule has 0 saturated heterocycles. The molecule has 0 heterocycles. The van der Waals surface area contributed by atoms with Crippen molar-refractivity contribution < 1.29 is 19.1 Å². The Morgan fingerprint density at radius 3 is 2.90 bits per heavy atom. The fraction of sp³-hybridized carbons (Fsp3) is 0.357. The van der Waals surface area contributed by atoms with Gasteiger partial charge in [-0.1, -0.05) is 12.1 Å². The molecule has 1 N–H and O–H groups in total. The molecule has 1 fully saturated rings. The molecule has 1 aromatic carbocycles. The molecule has 2 rings (SSSR count). The Labute approximate surface area is 119 Å². The minimum absolute atomic E-state index is 0.0175. The van der Waals surface area contributed by atoms with Crippen LogP contribution in [0.2, 0.25) is 0 Å². The lowest BCUT2D eigenvalue weighted by atomic mass is 9.77. The average molecular weight is 293 g/mol. The van der Waals surface area contributed by atoms with Crippen LogP contribution in [-0.2, 0) is 15.0 Å². The number of carbonyl (C=O) groups is 2. The molecule has 1 aliphatic rings. The zero-order chi connectivity index (χ0) is 14.9. The van der Waals surface area contributed by atoms with Gasteiger partial charge >= 0.3 is 5.97 Å². The van der Waals surface area contributed by atoms with E-state index >= 15 is 0 Å². The maximum Gasteiger partial charge on any atom is 0.314 e. The van der Waals surface area contributed by atoms with Gasteiger partial charge in [-0.05, 0) is 42.3 Å².